The summed E-state index contributed by atoms with van der Waals surface area (Å²) in [5, 5.41) is 0. The third-order valence-electron chi connectivity index (χ3n) is 4.78. The molecular formula is C21H40N2. The van der Waals surface area contributed by atoms with Gasteiger partial charge < -0.3 is 4.90 Å². The first-order valence-electron chi connectivity index (χ1n) is 10.3. The highest BCUT2D eigenvalue weighted by Crippen LogP contribution is 2.18. The molecule has 0 N–H and O–H groups in total. The molecule has 2 nitrogen and oxygen atoms in total. The van der Waals surface area contributed by atoms with Crippen LogP contribution >= 0.6 is 0 Å². The summed E-state index contributed by atoms with van der Waals surface area (Å²) in [6, 6.07) is 0. The lowest BCUT2D eigenvalue weighted by Gasteiger charge is -2.19. The summed E-state index contributed by atoms with van der Waals surface area (Å²) in [5.41, 5.74) is 1.54. The second-order valence-electron chi connectivity index (χ2n) is 6.98. The SMILES string of the molecule is CCCCCCCC/C=C(\CCCCCCCC)N1C=NCC1. The molecule has 1 aliphatic heterocycles. The molecule has 23 heavy (non-hydrogen) atoms. The van der Waals surface area contributed by atoms with E-state index in [0.29, 0.717) is 0 Å². The number of hydrogen-bond donors (Lipinski definition) is 0. The van der Waals surface area contributed by atoms with E-state index in [4.69, 9.17) is 0 Å². The van der Waals surface area contributed by atoms with E-state index >= 15 is 0 Å². The Morgan fingerprint density at radius 1 is 0.870 bits per heavy atom. The summed E-state index contributed by atoms with van der Waals surface area (Å²) in [5.74, 6) is 0. The second-order valence-corrected chi connectivity index (χ2v) is 6.98. The standard InChI is InChI=1S/C21H40N2/c1-3-5-7-9-11-13-15-17-21(23-19-18-22-20-23)16-14-12-10-8-6-4-2/h17,20H,3-16,18-19H2,1-2H3/b21-17+. The molecule has 0 aromatic heterocycles. The van der Waals surface area contributed by atoms with Crippen molar-refractivity contribution in [1.29, 1.82) is 0 Å². The van der Waals surface area contributed by atoms with Crippen LogP contribution in [0.15, 0.2) is 16.8 Å². The summed E-state index contributed by atoms with van der Waals surface area (Å²) in [6.45, 7) is 6.65. The fourth-order valence-corrected chi connectivity index (χ4v) is 3.24. The average Bonchev–Trinajstić information content (AvgIpc) is 3.09. The lowest BCUT2D eigenvalue weighted by molar-refractivity contribution is 0.513. The Morgan fingerprint density at radius 2 is 1.48 bits per heavy atom. The third kappa shape index (κ3) is 10.6. The van der Waals surface area contributed by atoms with E-state index in [1.165, 1.54) is 95.6 Å². The molecule has 0 spiro atoms. The summed E-state index contributed by atoms with van der Waals surface area (Å²) < 4.78 is 0. The molecule has 2 heteroatoms. The van der Waals surface area contributed by atoms with Crippen molar-refractivity contribution in [2.24, 2.45) is 4.99 Å². The lowest BCUT2D eigenvalue weighted by atomic mass is 10.1. The van der Waals surface area contributed by atoms with Crippen molar-refractivity contribution in [2.75, 3.05) is 13.1 Å². The highest BCUT2D eigenvalue weighted by Gasteiger charge is 2.10. The zero-order valence-electron chi connectivity index (χ0n) is 15.9. The molecule has 0 aromatic rings. The molecule has 0 aliphatic carbocycles. The molecular weight excluding hydrogens is 280 g/mol. The first-order chi connectivity index (χ1) is 11.4. The van der Waals surface area contributed by atoms with Crippen molar-refractivity contribution in [1.82, 2.24) is 4.90 Å². The van der Waals surface area contributed by atoms with Crippen molar-refractivity contribution < 1.29 is 0 Å². The maximum atomic E-state index is 4.39. The Kier molecular flexibility index (Phi) is 13.0. The molecule has 0 aromatic carbocycles. The number of nitrogens with zero attached hydrogens (tertiary/aromatic N) is 2. The number of rotatable bonds is 15. The van der Waals surface area contributed by atoms with Gasteiger partial charge in [-0.15, -0.1) is 0 Å². The maximum absolute atomic E-state index is 4.39. The Balaban J connectivity index is 2.20. The number of unbranched alkanes of at least 4 members (excludes halogenated alkanes) is 11. The first-order valence-corrected chi connectivity index (χ1v) is 10.3. The van der Waals surface area contributed by atoms with Gasteiger partial charge in [0.15, 0.2) is 0 Å². The maximum Gasteiger partial charge on any atom is 0.0893 e. The predicted octanol–water partition coefficient (Wildman–Crippen LogP) is 6.72. The van der Waals surface area contributed by atoms with Gasteiger partial charge in [0.1, 0.15) is 0 Å². The van der Waals surface area contributed by atoms with Crippen LogP contribution in [0.1, 0.15) is 104 Å². The van der Waals surface area contributed by atoms with Gasteiger partial charge in [0.25, 0.3) is 0 Å². The zero-order valence-corrected chi connectivity index (χ0v) is 15.9. The Labute approximate surface area is 145 Å². The second kappa shape index (κ2) is 14.8. The minimum absolute atomic E-state index is 0.977. The van der Waals surface area contributed by atoms with Crippen molar-refractivity contribution in [3.63, 3.8) is 0 Å². The molecule has 134 valence electrons. The predicted molar refractivity (Wildman–Crippen MR) is 104 cm³/mol. The number of hydrogen-bond acceptors (Lipinski definition) is 2. The smallest absolute Gasteiger partial charge is 0.0893 e. The molecule has 0 unspecified atom stereocenters. The Morgan fingerprint density at radius 3 is 2.09 bits per heavy atom. The Hall–Kier alpha value is -0.790. The highest BCUT2D eigenvalue weighted by molar-refractivity contribution is 5.60. The van der Waals surface area contributed by atoms with Crippen LogP contribution in [0.3, 0.4) is 0 Å². The fourth-order valence-electron chi connectivity index (χ4n) is 3.24. The monoisotopic (exact) mass is 320 g/mol. The van der Waals surface area contributed by atoms with E-state index in [1.54, 1.807) is 0 Å². The fraction of sp³-hybridized carbons (Fsp3) is 0.857. The van der Waals surface area contributed by atoms with Gasteiger partial charge in [-0.3, -0.25) is 4.99 Å². The van der Waals surface area contributed by atoms with Crippen LogP contribution in [-0.2, 0) is 0 Å². The van der Waals surface area contributed by atoms with Gasteiger partial charge in [-0.05, 0) is 25.7 Å². The summed E-state index contributed by atoms with van der Waals surface area (Å²) in [4.78, 5) is 6.78. The highest BCUT2D eigenvalue weighted by atomic mass is 15.2. The van der Waals surface area contributed by atoms with Crippen LogP contribution in [0, 0.1) is 0 Å². The van der Waals surface area contributed by atoms with Crippen LogP contribution in [0.4, 0.5) is 0 Å². The normalized spacial score (nSPS) is 14.9. The first kappa shape index (κ1) is 20.3. The van der Waals surface area contributed by atoms with Crippen LogP contribution in [0.25, 0.3) is 0 Å². The molecule has 0 radical (unpaired) electrons. The molecule has 0 saturated heterocycles. The summed E-state index contributed by atoms with van der Waals surface area (Å²) >= 11 is 0. The summed E-state index contributed by atoms with van der Waals surface area (Å²) in [6.07, 6.45) is 23.7. The van der Waals surface area contributed by atoms with E-state index in [0.717, 1.165) is 13.1 Å². The van der Waals surface area contributed by atoms with Crippen molar-refractivity contribution in [3.05, 3.63) is 11.8 Å². The van der Waals surface area contributed by atoms with E-state index in [1.807, 2.05) is 0 Å². The van der Waals surface area contributed by atoms with Gasteiger partial charge in [-0.25, -0.2) is 0 Å². The van der Waals surface area contributed by atoms with Crippen molar-refractivity contribution in [2.45, 2.75) is 104 Å². The molecule has 0 atom stereocenters. The van der Waals surface area contributed by atoms with E-state index in [2.05, 4.69) is 36.2 Å². The van der Waals surface area contributed by atoms with E-state index in [-0.39, 0.29) is 0 Å². The molecule has 0 amide bonds. The third-order valence-corrected chi connectivity index (χ3v) is 4.78. The van der Waals surface area contributed by atoms with Gasteiger partial charge in [0, 0.05) is 12.2 Å². The van der Waals surface area contributed by atoms with Crippen LogP contribution in [0.5, 0.6) is 0 Å². The van der Waals surface area contributed by atoms with Gasteiger partial charge in [-0.1, -0.05) is 84.1 Å². The zero-order chi connectivity index (χ0) is 16.6. The molecule has 0 bridgehead atoms. The molecule has 1 aliphatic rings. The van der Waals surface area contributed by atoms with Crippen LogP contribution < -0.4 is 0 Å². The van der Waals surface area contributed by atoms with E-state index in [9.17, 15) is 0 Å². The molecule has 1 heterocycles. The van der Waals surface area contributed by atoms with Gasteiger partial charge >= 0.3 is 0 Å². The molecule has 0 fully saturated rings. The number of aliphatic imine (C=N–C) groups is 1. The van der Waals surface area contributed by atoms with Crippen molar-refractivity contribution in [3.8, 4) is 0 Å². The molecule has 1 rings (SSSR count). The topological polar surface area (TPSA) is 15.6 Å². The van der Waals surface area contributed by atoms with Gasteiger partial charge in [0.2, 0.25) is 0 Å². The van der Waals surface area contributed by atoms with E-state index < -0.39 is 0 Å². The minimum Gasteiger partial charge on any atom is -0.335 e. The van der Waals surface area contributed by atoms with Crippen LogP contribution in [-0.4, -0.2) is 24.3 Å². The Bertz CT molecular complexity index is 320. The van der Waals surface area contributed by atoms with Gasteiger partial charge in [0.05, 0.1) is 12.9 Å². The van der Waals surface area contributed by atoms with Gasteiger partial charge in [-0.2, -0.15) is 0 Å². The largest absolute Gasteiger partial charge is 0.335 e. The molecule has 0 saturated carbocycles. The van der Waals surface area contributed by atoms with Crippen LogP contribution in [0.2, 0.25) is 0 Å². The quantitative estimate of drug-likeness (QED) is 0.306. The minimum atomic E-state index is 0.977. The summed E-state index contributed by atoms with van der Waals surface area (Å²) in [7, 11) is 0. The number of allylic oxidation sites excluding steroid dienone is 2. The average molecular weight is 321 g/mol. The lowest BCUT2D eigenvalue weighted by Crippen LogP contribution is -2.19. The van der Waals surface area contributed by atoms with Crippen molar-refractivity contribution >= 4 is 6.34 Å².